The summed E-state index contributed by atoms with van der Waals surface area (Å²) in [4.78, 5) is 11.7. The van der Waals surface area contributed by atoms with Crippen molar-refractivity contribution in [3.63, 3.8) is 0 Å². The number of rotatable bonds is 6. The van der Waals surface area contributed by atoms with E-state index in [9.17, 15) is 9.90 Å². The standard InChI is InChI=1S/C17H19N3O3/c1-12-5-3-7-14(9-12)18-11-16(21)20-19-10-13-6-4-8-15(23-2)17(13)22/h3-10,18,22H,11H2,1-2H3,(H,20,21)/b19-10+. The van der Waals surface area contributed by atoms with Crippen LogP contribution in [0.1, 0.15) is 11.1 Å². The first-order chi connectivity index (χ1) is 11.1. The second kappa shape index (κ2) is 7.84. The van der Waals surface area contributed by atoms with Crippen LogP contribution in [-0.4, -0.2) is 30.9 Å². The SMILES string of the molecule is COc1cccc(/C=N/NC(=O)CNc2cccc(C)c2)c1O. The number of phenols is 1. The van der Waals surface area contributed by atoms with Gasteiger partial charge in [-0.15, -0.1) is 0 Å². The number of hydrogen-bond donors (Lipinski definition) is 3. The summed E-state index contributed by atoms with van der Waals surface area (Å²) in [5.74, 6) is 0.0393. The highest BCUT2D eigenvalue weighted by molar-refractivity contribution is 5.87. The maximum atomic E-state index is 11.7. The summed E-state index contributed by atoms with van der Waals surface area (Å²) in [7, 11) is 1.47. The zero-order valence-electron chi connectivity index (χ0n) is 13.0. The van der Waals surface area contributed by atoms with Crippen molar-refractivity contribution in [2.75, 3.05) is 19.0 Å². The number of carbonyl (C=O) groups is 1. The Morgan fingerprint density at radius 2 is 2.09 bits per heavy atom. The summed E-state index contributed by atoms with van der Waals surface area (Å²) in [6.07, 6.45) is 1.36. The molecule has 1 amide bonds. The molecule has 0 aromatic heterocycles. The largest absolute Gasteiger partial charge is 0.504 e. The first-order valence-electron chi connectivity index (χ1n) is 7.08. The van der Waals surface area contributed by atoms with Crippen LogP contribution in [0, 0.1) is 6.92 Å². The normalized spacial score (nSPS) is 10.5. The first kappa shape index (κ1) is 16.4. The van der Waals surface area contributed by atoms with Crippen molar-refractivity contribution in [2.45, 2.75) is 6.92 Å². The van der Waals surface area contributed by atoms with E-state index in [2.05, 4.69) is 15.8 Å². The zero-order chi connectivity index (χ0) is 16.7. The maximum absolute atomic E-state index is 11.7. The van der Waals surface area contributed by atoms with Crippen molar-refractivity contribution in [3.05, 3.63) is 53.6 Å². The lowest BCUT2D eigenvalue weighted by molar-refractivity contribution is -0.119. The molecule has 0 heterocycles. The third-order valence-electron chi connectivity index (χ3n) is 3.11. The number of aryl methyl sites for hydroxylation is 1. The van der Waals surface area contributed by atoms with Gasteiger partial charge in [0.05, 0.1) is 19.9 Å². The molecular formula is C17H19N3O3. The molecule has 0 unspecified atom stereocenters. The summed E-state index contributed by atoms with van der Waals surface area (Å²) < 4.78 is 5.00. The number of nitrogens with one attached hydrogen (secondary N) is 2. The molecule has 0 radical (unpaired) electrons. The van der Waals surface area contributed by atoms with Crippen molar-refractivity contribution < 1.29 is 14.6 Å². The third-order valence-corrected chi connectivity index (χ3v) is 3.11. The number of hydrazone groups is 1. The Morgan fingerprint density at radius 1 is 1.30 bits per heavy atom. The minimum atomic E-state index is -0.287. The fourth-order valence-corrected chi connectivity index (χ4v) is 1.96. The smallest absolute Gasteiger partial charge is 0.259 e. The van der Waals surface area contributed by atoms with Gasteiger partial charge >= 0.3 is 0 Å². The maximum Gasteiger partial charge on any atom is 0.259 e. The lowest BCUT2D eigenvalue weighted by Gasteiger charge is -2.06. The van der Waals surface area contributed by atoms with Crippen LogP contribution < -0.4 is 15.5 Å². The van der Waals surface area contributed by atoms with Gasteiger partial charge in [-0.05, 0) is 36.8 Å². The van der Waals surface area contributed by atoms with Crippen LogP contribution in [0.2, 0.25) is 0 Å². The lowest BCUT2D eigenvalue weighted by Crippen LogP contribution is -2.25. The average molecular weight is 313 g/mol. The molecular weight excluding hydrogens is 294 g/mol. The number of carbonyl (C=O) groups excluding carboxylic acids is 1. The summed E-state index contributed by atoms with van der Waals surface area (Å²) in [5.41, 5.74) is 4.83. The molecule has 0 aliphatic heterocycles. The molecule has 6 nitrogen and oxygen atoms in total. The van der Waals surface area contributed by atoms with Gasteiger partial charge in [0.15, 0.2) is 11.5 Å². The van der Waals surface area contributed by atoms with Gasteiger partial charge in [-0.25, -0.2) is 5.43 Å². The van der Waals surface area contributed by atoms with Gasteiger partial charge in [-0.1, -0.05) is 18.2 Å². The first-order valence-corrected chi connectivity index (χ1v) is 7.08. The molecule has 0 saturated carbocycles. The van der Waals surface area contributed by atoms with Gasteiger partial charge in [0.25, 0.3) is 5.91 Å². The lowest BCUT2D eigenvalue weighted by atomic mass is 10.2. The van der Waals surface area contributed by atoms with Crippen molar-refractivity contribution in [2.24, 2.45) is 5.10 Å². The number of methoxy groups -OCH3 is 1. The van der Waals surface area contributed by atoms with Gasteiger partial charge in [0, 0.05) is 11.3 Å². The number of aromatic hydroxyl groups is 1. The molecule has 0 saturated heterocycles. The van der Waals surface area contributed by atoms with Gasteiger partial charge in [0.2, 0.25) is 0 Å². The van der Waals surface area contributed by atoms with Crippen molar-refractivity contribution >= 4 is 17.8 Å². The highest BCUT2D eigenvalue weighted by atomic mass is 16.5. The van der Waals surface area contributed by atoms with Gasteiger partial charge < -0.3 is 15.2 Å². The Balaban J connectivity index is 1.87. The van der Waals surface area contributed by atoms with Crippen molar-refractivity contribution in [1.82, 2.24) is 5.43 Å². The molecule has 0 aliphatic rings. The number of nitrogens with zero attached hydrogens (tertiary/aromatic N) is 1. The third kappa shape index (κ3) is 4.74. The predicted octanol–water partition coefficient (Wildman–Crippen LogP) is 2.27. The van der Waals surface area contributed by atoms with E-state index < -0.39 is 0 Å². The van der Waals surface area contributed by atoms with Crippen LogP contribution in [-0.2, 0) is 4.79 Å². The average Bonchev–Trinajstić information content (AvgIpc) is 2.54. The highest BCUT2D eigenvalue weighted by Crippen LogP contribution is 2.27. The van der Waals surface area contributed by atoms with Crippen LogP contribution >= 0.6 is 0 Å². The second-order valence-electron chi connectivity index (χ2n) is 4.91. The Labute approximate surface area is 134 Å². The number of phenolic OH excluding ortho intramolecular Hbond substituents is 1. The van der Waals surface area contributed by atoms with E-state index >= 15 is 0 Å². The monoisotopic (exact) mass is 313 g/mol. The Hall–Kier alpha value is -3.02. The van der Waals surface area contributed by atoms with Crippen LogP contribution in [0.3, 0.4) is 0 Å². The van der Waals surface area contributed by atoms with Crippen molar-refractivity contribution in [3.8, 4) is 11.5 Å². The number of para-hydroxylation sites is 1. The van der Waals surface area contributed by atoms with Gasteiger partial charge in [0.1, 0.15) is 0 Å². The van der Waals surface area contributed by atoms with E-state index in [1.165, 1.54) is 13.3 Å². The summed E-state index contributed by atoms with van der Waals surface area (Å²) in [5, 5.41) is 16.7. The van der Waals surface area contributed by atoms with Gasteiger partial charge in [-0.2, -0.15) is 5.10 Å². The molecule has 0 aliphatic carbocycles. The van der Waals surface area contributed by atoms with E-state index in [4.69, 9.17) is 4.74 Å². The van der Waals surface area contributed by atoms with Crippen molar-refractivity contribution in [1.29, 1.82) is 0 Å². The number of hydrogen-bond acceptors (Lipinski definition) is 5. The zero-order valence-corrected chi connectivity index (χ0v) is 13.0. The van der Waals surface area contributed by atoms with E-state index in [0.717, 1.165) is 11.3 Å². The van der Waals surface area contributed by atoms with E-state index in [1.807, 2.05) is 31.2 Å². The van der Waals surface area contributed by atoms with Crippen LogP contribution in [0.25, 0.3) is 0 Å². The highest BCUT2D eigenvalue weighted by Gasteiger charge is 2.05. The summed E-state index contributed by atoms with van der Waals surface area (Å²) in [6, 6.07) is 12.8. The fraction of sp³-hybridized carbons (Fsp3) is 0.176. The number of ether oxygens (including phenoxy) is 1. The fourth-order valence-electron chi connectivity index (χ4n) is 1.96. The Bertz CT molecular complexity index is 714. The molecule has 120 valence electrons. The van der Waals surface area contributed by atoms with Crippen LogP contribution in [0.5, 0.6) is 11.5 Å². The molecule has 6 heteroatoms. The minimum Gasteiger partial charge on any atom is -0.504 e. The van der Waals surface area contributed by atoms with Crippen LogP contribution in [0.4, 0.5) is 5.69 Å². The summed E-state index contributed by atoms with van der Waals surface area (Å²) >= 11 is 0. The minimum absolute atomic E-state index is 0.0223. The Kier molecular flexibility index (Phi) is 5.57. The second-order valence-corrected chi connectivity index (χ2v) is 4.91. The predicted molar refractivity (Wildman–Crippen MR) is 90.1 cm³/mol. The molecule has 2 aromatic carbocycles. The van der Waals surface area contributed by atoms with E-state index in [1.54, 1.807) is 18.2 Å². The number of benzene rings is 2. The van der Waals surface area contributed by atoms with E-state index in [-0.39, 0.29) is 18.2 Å². The summed E-state index contributed by atoms with van der Waals surface area (Å²) in [6.45, 7) is 2.08. The molecule has 0 bridgehead atoms. The number of amides is 1. The topological polar surface area (TPSA) is 83.0 Å². The molecule has 3 N–H and O–H groups in total. The molecule has 0 fully saturated rings. The molecule has 2 aromatic rings. The molecule has 0 spiro atoms. The molecule has 23 heavy (non-hydrogen) atoms. The van der Waals surface area contributed by atoms with Crippen LogP contribution in [0.15, 0.2) is 47.6 Å². The Morgan fingerprint density at radius 3 is 2.83 bits per heavy atom. The van der Waals surface area contributed by atoms with Gasteiger partial charge in [-0.3, -0.25) is 4.79 Å². The van der Waals surface area contributed by atoms with E-state index in [0.29, 0.717) is 11.3 Å². The number of anilines is 1. The quantitative estimate of drug-likeness (QED) is 0.564. The molecule has 2 rings (SSSR count). The molecule has 0 atom stereocenters.